The maximum absolute atomic E-state index is 13.4. The predicted molar refractivity (Wildman–Crippen MR) is 123 cm³/mol. The Labute approximate surface area is 189 Å². The molecule has 1 aromatic carbocycles. The van der Waals surface area contributed by atoms with Gasteiger partial charge in [0, 0.05) is 28.1 Å². The van der Waals surface area contributed by atoms with Crippen molar-refractivity contribution in [2.45, 2.75) is 76.3 Å². The van der Waals surface area contributed by atoms with Crippen molar-refractivity contribution >= 4 is 48.7 Å². The molecule has 0 unspecified atom stereocenters. The highest BCUT2D eigenvalue weighted by Gasteiger charge is 2.32. The lowest BCUT2D eigenvalue weighted by atomic mass is 9.88. The van der Waals surface area contributed by atoms with E-state index in [9.17, 15) is 4.79 Å². The molecule has 2 fully saturated rings. The van der Waals surface area contributed by atoms with Gasteiger partial charge in [0.25, 0.3) is 5.91 Å². The van der Waals surface area contributed by atoms with Crippen LogP contribution in [0.25, 0.3) is 10.9 Å². The number of halogens is 2. The van der Waals surface area contributed by atoms with Crippen molar-refractivity contribution in [1.29, 1.82) is 0 Å². The van der Waals surface area contributed by atoms with Gasteiger partial charge in [-0.25, -0.2) is 0 Å². The first kappa shape index (κ1) is 21.1. The van der Waals surface area contributed by atoms with E-state index in [0.29, 0.717) is 17.8 Å². The number of amides is 1. The Morgan fingerprint density at radius 1 is 1.00 bits per heavy atom. The molecule has 0 aliphatic heterocycles. The average Bonchev–Trinajstić information content (AvgIpc) is 2.75. The fraction of sp³-hybridized carbons (Fsp3) is 0.565. The fourth-order valence-electron chi connectivity index (χ4n) is 4.92. The van der Waals surface area contributed by atoms with E-state index in [2.05, 4.69) is 41.7 Å². The van der Waals surface area contributed by atoms with Crippen LogP contribution >= 0.6 is 31.9 Å². The molecule has 0 radical (unpaired) electrons. The van der Waals surface area contributed by atoms with Crippen molar-refractivity contribution in [2.24, 2.45) is 0 Å². The Hall–Kier alpha value is -1.14. The zero-order valence-electron chi connectivity index (χ0n) is 16.7. The Morgan fingerprint density at radius 3 is 2.24 bits per heavy atom. The summed E-state index contributed by atoms with van der Waals surface area (Å²) >= 11 is 7.18. The van der Waals surface area contributed by atoms with E-state index in [1.807, 2.05) is 18.2 Å². The van der Waals surface area contributed by atoms with Crippen LogP contribution in [0.15, 0.2) is 33.3 Å². The van der Waals surface area contributed by atoms with E-state index in [1.165, 1.54) is 38.5 Å². The summed E-state index contributed by atoms with van der Waals surface area (Å²) in [5, 5.41) is 0.981. The Kier molecular flexibility index (Phi) is 7.12. The highest BCUT2D eigenvalue weighted by atomic mass is 79.9. The summed E-state index contributed by atoms with van der Waals surface area (Å²) in [6.45, 7) is 0.0684. The van der Waals surface area contributed by atoms with E-state index in [0.717, 1.165) is 45.5 Å². The maximum Gasteiger partial charge on any atom is 0.261 e. The van der Waals surface area contributed by atoms with Gasteiger partial charge < -0.3 is 9.64 Å². The molecule has 156 valence electrons. The number of carbonyl (C=O) groups is 1. The molecule has 4 rings (SSSR count). The molecule has 1 aromatic heterocycles. The number of hydrogen-bond donors (Lipinski definition) is 0. The quantitative estimate of drug-likeness (QED) is 0.441. The van der Waals surface area contributed by atoms with Gasteiger partial charge in [0.1, 0.15) is 5.52 Å². The number of aromatic nitrogens is 1. The third kappa shape index (κ3) is 4.79. The number of benzene rings is 1. The lowest BCUT2D eigenvalue weighted by molar-refractivity contribution is -0.140. The number of hydrogen-bond acceptors (Lipinski definition) is 3. The van der Waals surface area contributed by atoms with Gasteiger partial charge in [0.05, 0.1) is 4.47 Å². The van der Waals surface area contributed by atoms with Crippen molar-refractivity contribution in [2.75, 3.05) is 6.61 Å². The van der Waals surface area contributed by atoms with Crippen LogP contribution in [-0.2, 0) is 4.79 Å². The number of pyridine rings is 1. The number of ether oxygens (including phenoxy) is 1. The maximum atomic E-state index is 13.4. The van der Waals surface area contributed by atoms with E-state index in [4.69, 9.17) is 4.74 Å². The molecule has 2 saturated carbocycles. The van der Waals surface area contributed by atoms with Crippen LogP contribution in [-0.4, -0.2) is 34.5 Å². The van der Waals surface area contributed by atoms with Gasteiger partial charge in [-0.2, -0.15) is 0 Å². The van der Waals surface area contributed by atoms with Crippen LogP contribution in [0.3, 0.4) is 0 Å². The highest BCUT2D eigenvalue weighted by molar-refractivity contribution is 9.11. The predicted octanol–water partition coefficient (Wildman–Crippen LogP) is 6.63. The minimum Gasteiger partial charge on any atom is -0.480 e. The summed E-state index contributed by atoms with van der Waals surface area (Å²) in [4.78, 5) is 20.1. The van der Waals surface area contributed by atoms with Crippen molar-refractivity contribution in [3.63, 3.8) is 0 Å². The van der Waals surface area contributed by atoms with Crippen LogP contribution in [0.5, 0.6) is 5.75 Å². The molecule has 1 amide bonds. The van der Waals surface area contributed by atoms with Crippen LogP contribution in [0.2, 0.25) is 0 Å². The smallest absolute Gasteiger partial charge is 0.261 e. The van der Waals surface area contributed by atoms with Crippen molar-refractivity contribution in [3.8, 4) is 5.75 Å². The Bertz CT molecular complexity index is 843. The summed E-state index contributed by atoms with van der Waals surface area (Å²) in [5.41, 5.74) is 0.767. The Morgan fingerprint density at radius 2 is 1.62 bits per heavy atom. The van der Waals surface area contributed by atoms with Crippen LogP contribution < -0.4 is 4.74 Å². The molecular weight excluding hydrogens is 496 g/mol. The fourth-order valence-corrected chi connectivity index (χ4v) is 6.30. The van der Waals surface area contributed by atoms with Crippen molar-refractivity contribution in [3.05, 3.63) is 33.3 Å². The first-order valence-corrected chi connectivity index (χ1v) is 12.4. The van der Waals surface area contributed by atoms with Gasteiger partial charge in [-0.15, -0.1) is 0 Å². The molecule has 2 aliphatic carbocycles. The van der Waals surface area contributed by atoms with E-state index >= 15 is 0 Å². The SMILES string of the molecule is O=C(COc1c(Br)cc(Br)c2cccnc12)N(C1CCCCC1)C1CCCCC1. The molecule has 6 heteroatoms. The second-order valence-electron chi connectivity index (χ2n) is 8.24. The summed E-state index contributed by atoms with van der Waals surface area (Å²) in [5.74, 6) is 0.770. The van der Waals surface area contributed by atoms with Crippen LogP contribution in [0.4, 0.5) is 0 Å². The summed E-state index contributed by atoms with van der Waals surface area (Å²) in [6, 6.07) is 6.63. The lowest BCUT2D eigenvalue weighted by Gasteiger charge is -2.41. The van der Waals surface area contributed by atoms with E-state index < -0.39 is 0 Å². The molecule has 2 aromatic rings. The van der Waals surface area contributed by atoms with Gasteiger partial charge in [-0.3, -0.25) is 9.78 Å². The van der Waals surface area contributed by atoms with Crippen molar-refractivity contribution < 1.29 is 9.53 Å². The van der Waals surface area contributed by atoms with Gasteiger partial charge in [-0.05, 0) is 53.7 Å². The Balaban J connectivity index is 1.54. The third-order valence-electron chi connectivity index (χ3n) is 6.31. The second kappa shape index (κ2) is 9.78. The first-order chi connectivity index (χ1) is 14.1. The molecular formula is C23H28Br2N2O2. The number of carbonyl (C=O) groups excluding carboxylic acids is 1. The van der Waals surface area contributed by atoms with Crippen LogP contribution in [0.1, 0.15) is 64.2 Å². The van der Waals surface area contributed by atoms with Crippen LogP contribution in [0, 0.1) is 0 Å². The summed E-state index contributed by atoms with van der Waals surface area (Å²) < 4.78 is 7.87. The zero-order chi connectivity index (χ0) is 20.2. The summed E-state index contributed by atoms with van der Waals surface area (Å²) in [7, 11) is 0. The lowest BCUT2D eigenvalue weighted by Crippen LogP contribution is -2.50. The number of fused-ring (bicyclic) bond motifs is 1. The molecule has 0 bridgehead atoms. The molecule has 0 saturated heterocycles. The molecule has 4 nitrogen and oxygen atoms in total. The molecule has 2 aliphatic rings. The topological polar surface area (TPSA) is 42.4 Å². The monoisotopic (exact) mass is 522 g/mol. The van der Waals surface area contributed by atoms with Gasteiger partial charge in [0.15, 0.2) is 12.4 Å². The number of nitrogens with zero attached hydrogens (tertiary/aromatic N) is 2. The number of rotatable bonds is 5. The van der Waals surface area contributed by atoms with Gasteiger partial charge >= 0.3 is 0 Å². The summed E-state index contributed by atoms with van der Waals surface area (Å²) in [6.07, 6.45) is 13.8. The third-order valence-corrected chi connectivity index (χ3v) is 7.56. The second-order valence-corrected chi connectivity index (χ2v) is 9.95. The molecule has 29 heavy (non-hydrogen) atoms. The average molecular weight is 524 g/mol. The molecule has 1 heterocycles. The molecule has 0 N–H and O–H groups in total. The van der Waals surface area contributed by atoms with Gasteiger partial charge in [0.2, 0.25) is 0 Å². The normalized spacial score (nSPS) is 18.7. The first-order valence-electron chi connectivity index (χ1n) is 10.8. The minimum absolute atomic E-state index is 0.0684. The standard InChI is InChI=1S/C23H28Br2N2O2/c24-19-14-20(25)23(22-18(19)12-7-13-26-22)29-15-21(28)27(16-8-3-1-4-9-16)17-10-5-2-6-11-17/h7,12-14,16-17H,1-6,8-11,15H2. The van der Waals surface area contributed by atoms with E-state index in [1.54, 1.807) is 6.20 Å². The van der Waals surface area contributed by atoms with E-state index in [-0.39, 0.29) is 12.5 Å². The zero-order valence-corrected chi connectivity index (χ0v) is 19.9. The minimum atomic E-state index is 0.0684. The highest BCUT2D eigenvalue weighted by Crippen LogP contribution is 2.37. The largest absolute Gasteiger partial charge is 0.480 e. The van der Waals surface area contributed by atoms with Crippen molar-refractivity contribution in [1.82, 2.24) is 9.88 Å². The van der Waals surface area contributed by atoms with Gasteiger partial charge in [-0.1, -0.05) is 60.5 Å². The molecule has 0 spiro atoms. The molecule has 0 atom stereocenters.